The van der Waals surface area contributed by atoms with Crippen LogP contribution >= 0.6 is 0 Å². The van der Waals surface area contributed by atoms with E-state index in [1.165, 1.54) is 5.56 Å². The van der Waals surface area contributed by atoms with Gasteiger partial charge in [-0.3, -0.25) is 9.69 Å². The van der Waals surface area contributed by atoms with E-state index >= 15 is 0 Å². The van der Waals surface area contributed by atoms with E-state index < -0.39 is 0 Å². The summed E-state index contributed by atoms with van der Waals surface area (Å²) in [6.45, 7) is 4.29. The predicted molar refractivity (Wildman–Crippen MR) is 88.0 cm³/mol. The van der Waals surface area contributed by atoms with Crippen LogP contribution in [-0.4, -0.2) is 56.3 Å². The third kappa shape index (κ3) is 4.31. The number of likely N-dealkylation sites (N-methyl/N-ethyl adjacent to an activating group) is 1. The summed E-state index contributed by atoms with van der Waals surface area (Å²) in [6, 6.07) is 10.2. The number of hydrogen-bond acceptors (Lipinski definition) is 4. The number of carbonyl (C=O) groups is 1. The van der Waals surface area contributed by atoms with Crippen molar-refractivity contribution in [2.24, 2.45) is 5.92 Å². The molecule has 2 saturated heterocycles. The minimum absolute atomic E-state index is 0.0112. The molecule has 1 N–H and O–H groups in total. The molecule has 2 heterocycles. The molecule has 0 aromatic heterocycles. The lowest BCUT2D eigenvalue weighted by molar-refractivity contribution is -0.132. The van der Waals surface area contributed by atoms with Gasteiger partial charge >= 0.3 is 0 Å². The summed E-state index contributed by atoms with van der Waals surface area (Å²) in [7, 11) is 1.67. The molecule has 0 aliphatic carbocycles. The zero-order chi connectivity index (χ0) is 16.1. The van der Waals surface area contributed by atoms with E-state index in [1.54, 1.807) is 7.05 Å². The molecule has 126 valence electrons. The maximum Gasteiger partial charge on any atom is 0.248 e. The highest BCUT2D eigenvalue weighted by Crippen LogP contribution is 2.33. The van der Waals surface area contributed by atoms with Gasteiger partial charge in [-0.2, -0.15) is 0 Å². The van der Waals surface area contributed by atoms with Gasteiger partial charge < -0.3 is 14.8 Å². The number of rotatable bonds is 6. The Labute approximate surface area is 137 Å². The quantitative estimate of drug-likeness (QED) is 0.806. The van der Waals surface area contributed by atoms with Crippen LogP contribution in [0, 0.1) is 5.92 Å². The fraction of sp³-hybridized carbons (Fsp3) is 0.611. The summed E-state index contributed by atoms with van der Waals surface area (Å²) in [6.07, 6.45) is 1.91. The Morgan fingerprint density at radius 2 is 2.22 bits per heavy atom. The minimum Gasteiger partial charge on any atom is -0.375 e. The molecule has 3 rings (SSSR count). The molecular weight excluding hydrogens is 292 g/mol. The molecular formula is C18H26N2O3. The van der Waals surface area contributed by atoms with E-state index in [1.807, 2.05) is 18.2 Å². The van der Waals surface area contributed by atoms with Crippen LogP contribution < -0.4 is 5.32 Å². The summed E-state index contributed by atoms with van der Waals surface area (Å²) in [5.74, 6) is 0.538. The summed E-state index contributed by atoms with van der Waals surface area (Å²) in [5, 5.41) is 2.69. The van der Waals surface area contributed by atoms with Gasteiger partial charge in [-0.25, -0.2) is 0 Å². The van der Waals surface area contributed by atoms with Crippen molar-refractivity contribution in [3.63, 3.8) is 0 Å². The number of amides is 1. The van der Waals surface area contributed by atoms with E-state index in [0.717, 1.165) is 39.1 Å². The van der Waals surface area contributed by atoms with Gasteiger partial charge in [-0.15, -0.1) is 0 Å². The predicted octanol–water partition coefficient (Wildman–Crippen LogP) is 1.43. The largest absolute Gasteiger partial charge is 0.375 e. The summed E-state index contributed by atoms with van der Waals surface area (Å²) in [4.78, 5) is 14.1. The highest BCUT2D eigenvalue weighted by molar-refractivity contribution is 5.80. The lowest BCUT2D eigenvalue weighted by Gasteiger charge is -2.33. The van der Waals surface area contributed by atoms with E-state index in [2.05, 4.69) is 22.3 Å². The Kier molecular flexibility index (Phi) is 5.65. The molecule has 0 saturated carbocycles. The van der Waals surface area contributed by atoms with E-state index in [0.29, 0.717) is 12.5 Å². The summed E-state index contributed by atoms with van der Waals surface area (Å²) < 4.78 is 11.7. The topological polar surface area (TPSA) is 50.8 Å². The number of carbonyl (C=O) groups excluding carboxylic acids is 1. The zero-order valence-corrected chi connectivity index (χ0v) is 13.7. The van der Waals surface area contributed by atoms with Crippen LogP contribution in [0.15, 0.2) is 30.3 Å². The highest BCUT2D eigenvalue weighted by Gasteiger charge is 2.41. The number of nitrogens with zero attached hydrogens (tertiary/aromatic N) is 1. The first-order chi connectivity index (χ1) is 11.3. The van der Waals surface area contributed by atoms with Gasteiger partial charge in [-0.05, 0) is 30.9 Å². The number of piperidine rings is 1. The number of ether oxygens (including phenoxy) is 2. The van der Waals surface area contributed by atoms with Crippen molar-refractivity contribution in [1.82, 2.24) is 10.2 Å². The maximum atomic E-state index is 11.7. The molecule has 0 bridgehead atoms. The van der Waals surface area contributed by atoms with Crippen molar-refractivity contribution in [1.29, 1.82) is 0 Å². The van der Waals surface area contributed by atoms with Crippen molar-refractivity contribution in [2.75, 3.05) is 33.3 Å². The Morgan fingerprint density at radius 3 is 3.00 bits per heavy atom. The molecule has 2 aliphatic rings. The van der Waals surface area contributed by atoms with E-state index in [9.17, 15) is 4.79 Å². The van der Waals surface area contributed by atoms with Gasteiger partial charge in [-0.1, -0.05) is 30.3 Å². The summed E-state index contributed by atoms with van der Waals surface area (Å²) in [5.41, 5.74) is 1.21. The van der Waals surface area contributed by atoms with Crippen molar-refractivity contribution < 1.29 is 14.3 Å². The number of hydrogen-bond donors (Lipinski definition) is 1. The standard InChI is InChI=1S/C18H26N2O3/c1-19-18(21)16-11-15-7-8-20(12-17(15)23-16)9-10-22-13-14-5-3-2-4-6-14/h2-6,15-17H,7-13H2,1H3,(H,19,21)/t15-,16+,17+/m1/s1. The first-order valence-electron chi connectivity index (χ1n) is 8.47. The van der Waals surface area contributed by atoms with Gasteiger partial charge in [0.1, 0.15) is 6.10 Å². The molecule has 1 aromatic rings. The number of fused-ring (bicyclic) bond motifs is 1. The van der Waals surface area contributed by atoms with Crippen LogP contribution in [0.4, 0.5) is 0 Å². The second-order valence-electron chi connectivity index (χ2n) is 6.40. The number of likely N-dealkylation sites (tertiary alicyclic amines) is 1. The van der Waals surface area contributed by atoms with Gasteiger partial charge in [0.2, 0.25) is 5.91 Å². The lowest BCUT2D eigenvalue weighted by atomic mass is 9.91. The fourth-order valence-electron chi connectivity index (χ4n) is 3.49. The molecule has 3 atom stereocenters. The van der Waals surface area contributed by atoms with Gasteiger partial charge in [0.05, 0.1) is 19.3 Å². The van der Waals surface area contributed by atoms with Gasteiger partial charge in [0, 0.05) is 20.1 Å². The Hall–Kier alpha value is -1.43. The SMILES string of the molecule is CNC(=O)[C@@H]1C[C@H]2CCN(CCOCc3ccccc3)C[C@@H]2O1. The smallest absolute Gasteiger partial charge is 0.248 e. The lowest BCUT2D eigenvalue weighted by Crippen LogP contribution is -2.43. The molecule has 2 aliphatic heterocycles. The molecule has 0 spiro atoms. The van der Waals surface area contributed by atoms with Crippen LogP contribution in [0.5, 0.6) is 0 Å². The average molecular weight is 318 g/mol. The third-order valence-electron chi connectivity index (χ3n) is 4.84. The molecule has 5 heteroatoms. The van der Waals surface area contributed by atoms with Crippen LogP contribution in [0.1, 0.15) is 18.4 Å². The molecule has 0 radical (unpaired) electrons. The molecule has 2 fully saturated rings. The minimum atomic E-state index is -0.260. The fourth-order valence-corrected chi connectivity index (χ4v) is 3.49. The molecule has 1 aromatic carbocycles. The van der Waals surface area contributed by atoms with Gasteiger partial charge in [0.15, 0.2) is 0 Å². The first-order valence-corrected chi connectivity index (χ1v) is 8.47. The van der Waals surface area contributed by atoms with Crippen LogP contribution in [0.25, 0.3) is 0 Å². The van der Waals surface area contributed by atoms with Crippen molar-refractivity contribution >= 4 is 5.91 Å². The normalized spacial score (nSPS) is 27.6. The third-order valence-corrected chi connectivity index (χ3v) is 4.84. The zero-order valence-electron chi connectivity index (χ0n) is 13.7. The van der Waals surface area contributed by atoms with E-state index in [4.69, 9.17) is 9.47 Å². The molecule has 5 nitrogen and oxygen atoms in total. The Bertz CT molecular complexity index is 508. The molecule has 0 unspecified atom stereocenters. The average Bonchev–Trinajstić information content (AvgIpc) is 3.02. The second kappa shape index (κ2) is 7.90. The van der Waals surface area contributed by atoms with Crippen molar-refractivity contribution in [2.45, 2.75) is 31.7 Å². The van der Waals surface area contributed by atoms with Crippen molar-refractivity contribution in [3.8, 4) is 0 Å². The van der Waals surface area contributed by atoms with E-state index in [-0.39, 0.29) is 18.1 Å². The van der Waals surface area contributed by atoms with Crippen LogP contribution in [0.3, 0.4) is 0 Å². The Balaban J connectivity index is 1.37. The summed E-state index contributed by atoms with van der Waals surface area (Å²) >= 11 is 0. The van der Waals surface area contributed by atoms with Crippen molar-refractivity contribution in [3.05, 3.63) is 35.9 Å². The molecule has 23 heavy (non-hydrogen) atoms. The van der Waals surface area contributed by atoms with Gasteiger partial charge in [0.25, 0.3) is 0 Å². The second-order valence-corrected chi connectivity index (χ2v) is 6.40. The van der Waals surface area contributed by atoms with Crippen LogP contribution in [0.2, 0.25) is 0 Å². The maximum absolute atomic E-state index is 11.7. The highest BCUT2D eigenvalue weighted by atomic mass is 16.5. The number of benzene rings is 1. The number of nitrogens with one attached hydrogen (secondary N) is 1. The first kappa shape index (κ1) is 16.4. The molecule has 1 amide bonds. The monoisotopic (exact) mass is 318 g/mol. The Morgan fingerprint density at radius 1 is 1.39 bits per heavy atom. The van der Waals surface area contributed by atoms with Crippen LogP contribution in [-0.2, 0) is 20.9 Å².